The zero-order valence-corrected chi connectivity index (χ0v) is 47.2. The van der Waals surface area contributed by atoms with E-state index < -0.39 is 184 Å². The Morgan fingerprint density at radius 2 is 1.51 bits per heavy atom. The second-order valence-electron chi connectivity index (χ2n) is 21.0. The Morgan fingerprint density at radius 3 is 2.17 bits per heavy atom. The fourth-order valence-corrected chi connectivity index (χ4v) is 10.7. The van der Waals surface area contributed by atoms with E-state index in [1.807, 2.05) is 0 Å². The lowest BCUT2D eigenvalue weighted by molar-refractivity contribution is -0.248. The van der Waals surface area contributed by atoms with Crippen molar-refractivity contribution in [2.45, 2.75) is 94.8 Å². The molecule has 4 amide bonds. The van der Waals surface area contributed by atoms with Gasteiger partial charge in [-0.15, -0.1) is 0 Å². The van der Waals surface area contributed by atoms with Crippen LogP contribution in [0.2, 0.25) is 0 Å². The van der Waals surface area contributed by atoms with Crippen LogP contribution in [-0.4, -0.2) is 171 Å². The van der Waals surface area contributed by atoms with E-state index in [9.17, 15) is 88.5 Å². The van der Waals surface area contributed by atoms with Crippen LogP contribution in [0.1, 0.15) is 146 Å². The van der Waals surface area contributed by atoms with Gasteiger partial charge in [-0.2, -0.15) is 4.98 Å². The van der Waals surface area contributed by atoms with Crippen LogP contribution in [0.5, 0.6) is 17.2 Å². The number of amides is 4. The van der Waals surface area contributed by atoms with E-state index in [0.717, 1.165) is 6.92 Å². The first-order valence-electron chi connectivity index (χ1n) is 27.2. The lowest BCUT2D eigenvalue weighted by Gasteiger charge is -2.42. The zero-order valence-electron chi connectivity index (χ0n) is 47.2. The van der Waals surface area contributed by atoms with Crippen molar-refractivity contribution in [3.05, 3.63) is 138 Å². The Kier molecular flexibility index (Phi) is 17.8. The number of aromatic carboxylic acids is 2. The van der Waals surface area contributed by atoms with E-state index in [2.05, 4.69) is 46.5 Å². The number of ketones is 3. The molecule has 0 bridgehead atoms. The highest BCUT2D eigenvalue weighted by Crippen LogP contribution is 2.52. The van der Waals surface area contributed by atoms with Crippen LogP contribution in [-0.2, 0) is 36.8 Å². The molecule has 9 rings (SSSR count). The number of hydrogen-bond donors (Lipinski definition) is 14. The first-order valence-corrected chi connectivity index (χ1v) is 27.2. The molecule has 1 saturated heterocycles. The second-order valence-corrected chi connectivity index (χ2v) is 21.0. The van der Waals surface area contributed by atoms with E-state index >= 15 is 0 Å². The van der Waals surface area contributed by atoms with E-state index in [4.69, 9.17) is 19.9 Å². The number of Topliss-reactive ketones (excluding diaryl/α,β-unsaturated/α-hetero) is 1. The van der Waals surface area contributed by atoms with Gasteiger partial charge in [0, 0.05) is 66.7 Å². The van der Waals surface area contributed by atoms with Crippen molar-refractivity contribution in [1.82, 2.24) is 41.2 Å². The number of aliphatic carboxylic acids is 1. The third kappa shape index (κ3) is 12.7. The number of phenolic OH excluding ortho intramolecular Hbond substituents is 2. The topological polar surface area (TPSA) is 498 Å². The Morgan fingerprint density at radius 1 is 0.843 bits per heavy atom. The Balaban J connectivity index is 0.822. The summed E-state index contributed by atoms with van der Waals surface area (Å²) in [4.78, 5) is 159. The number of nitrogen functional groups attached to an aromatic ring is 1. The molecule has 6 aromatic rings. The number of phenols is 2. The maximum atomic E-state index is 14.1. The molecular formula is C58H56N10O21. The zero-order chi connectivity index (χ0) is 64.5. The minimum atomic E-state index is -2.30. The number of aromatic nitrogens is 4. The SMILES string of the molecule is COc1cccc2c1C(=O)c1c(O)c3c(c(O)c1C2=O)C[C@@](O)(C(C)=O)C[C@@H]3O[C@H]1C[C@@H](NC(=O)c2cc(C(=O)NCCNC(=O)CC[C@H](NC(=O)c3ccc(NCc4cnc5nc(N)[nH]c(=O)c5n4)cc3)C(=O)O)c(C(=O)O)cc2C(=O)O)[C@H](O)C(C)O1. The highest BCUT2D eigenvalue weighted by Gasteiger charge is 2.50. The molecule has 31 heteroatoms. The number of benzene rings is 4. The van der Waals surface area contributed by atoms with Gasteiger partial charge >= 0.3 is 17.9 Å². The van der Waals surface area contributed by atoms with Crippen LogP contribution >= 0.6 is 0 Å². The number of rotatable bonds is 21. The molecule has 3 aliphatic rings. The van der Waals surface area contributed by atoms with Crippen LogP contribution in [0.25, 0.3) is 11.2 Å². The maximum Gasteiger partial charge on any atom is 0.336 e. The largest absolute Gasteiger partial charge is 0.507 e. The van der Waals surface area contributed by atoms with Gasteiger partial charge in [0.1, 0.15) is 35.0 Å². The summed E-state index contributed by atoms with van der Waals surface area (Å²) in [6.07, 6.45) is -7.12. The first-order chi connectivity index (χ1) is 42.2. The Labute approximate surface area is 500 Å². The lowest BCUT2D eigenvalue weighted by Crippen LogP contribution is -2.56. The molecule has 0 spiro atoms. The number of carbonyl (C=O) groups excluding carboxylic acids is 7. The molecule has 31 nitrogen and oxygen atoms in total. The van der Waals surface area contributed by atoms with Crippen LogP contribution < -0.4 is 42.6 Å². The van der Waals surface area contributed by atoms with E-state index in [0.29, 0.717) is 23.5 Å². The summed E-state index contributed by atoms with van der Waals surface area (Å²) in [5.74, 6) is -13.3. The third-order valence-corrected chi connectivity index (χ3v) is 15.3. The second kappa shape index (κ2) is 25.3. The molecule has 2 aromatic heterocycles. The van der Waals surface area contributed by atoms with Crippen molar-refractivity contribution in [3.63, 3.8) is 0 Å². The monoisotopic (exact) mass is 1230 g/mol. The summed E-state index contributed by atoms with van der Waals surface area (Å²) in [5, 5.41) is 89.4. The Hall–Kier alpha value is -10.8. The van der Waals surface area contributed by atoms with E-state index in [1.165, 1.54) is 62.7 Å². The summed E-state index contributed by atoms with van der Waals surface area (Å²) in [5.41, 5.74) is -1.72. The van der Waals surface area contributed by atoms with Crippen LogP contribution in [0.3, 0.4) is 0 Å². The highest BCUT2D eigenvalue weighted by atomic mass is 16.7. The number of carbonyl (C=O) groups is 10. The summed E-state index contributed by atoms with van der Waals surface area (Å²) < 4.78 is 17.5. The number of fused-ring (bicyclic) bond motifs is 4. The summed E-state index contributed by atoms with van der Waals surface area (Å²) in [6.45, 7) is 1.82. The molecule has 1 aliphatic heterocycles. The van der Waals surface area contributed by atoms with Crippen LogP contribution in [0.15, 0.2) is 65.6 Å². The minimum absolute atomic E-state index is 0.0172. The molecule has 3 heterocycles. The first kappa shape index (κ1) is 62.8. The number of aliphatic hydroxyl groups is 2. The molecule has 1 unspecified atom stereocenters. The number of ether oxygens (including phenoxy) is 3. The summed E-state index contributed by atoms with van der Waals surface area (Å²) in [7, 11) is 1.25. The number of nitrogens with two attached hydrogens (primary N) is 1. The molecule has 4 aromatic carbocycles. The number of nitrogens with zero attached hydrogens (tertiary/aromatic N) is 3. The smallest absolute Gasteiger partial charge is 0.336 e. The van der Waals surface area contributed by atoms with Crippen molar-refractivity contribution in [2.24, 2.45) is 0 Å². The normalized spacial score (nSPS) is 19.5. The highest BCUT2D eigenvalue weighted by molar-refractivity contribution is 6.31. The number of aromatic hydroxyl groups is 2. The molecule has 0 radical (unpaired) electrons. The number of hydrogen-bond acceptors (Lipinski definition) is 23. The van der Waals surface area contributed by atoms with Gasteiger partial charge in [-0.25, -0.2) is 24.4 Å². The number of carboxylic acids is 3. The van der Waals surface area contributed by atoms with Gasteiger partial charge in [-0.3, -0.25) is 43.3 Å². The molecule has 1 fully saturated rings. The molecular weight excluding hydrogens is 1170 g/mol. The minimum Gasteiger partial charge on any atom is -0.507 e. The number of aromatic amines is 1. The van der Waals surface area contributed by atoms with Gasteiger partial charge in [0.05, 0.1) is 82.7 Å². The lowest BCUT2D eigenvalue weighted by atomic mass is 9.72. The molecule has 7 atom stereocenters. The maximum absolute atomic E-state index is 14.1. The van der Waals surface area contributed by atoms with Crippen molar-refractivity contribution in [3.8, 4) is 17.2 Å². The average molecular weight is 1230 g/mol. The number of carboxylic acid groups (broad SMARTS) is 3. The van der Waals surface area contributed by atoms with Gasteiger partial charge in [-0.1, -0.05) is 12.1 Å². The predicted molar refractivity (Wildman–Crippen MR) is 304 cm³/mol. The summed E-state index contributed by atoms with van der Waals surface area (Å²) in [6, 6.07) is 8.34. The van der Waals surface area contributed by atoms with E-state index in [-0.39, 0.29) is 70.2 Å². The predicted octanol–water partition coefficient (Wildman–Crippen LogP) is 0.627. The van der Waals surface area contributed by atoms with Gasteiger partial charge in [0.2, 0.25) is 17.6 Å². The molecule has 0 saturated carbocycles. The third-order valence-electron chi connectivity index (χ3n) is 15.3. The number of anilines is 2. The van der Waals surface area contributed by atoms with Crippen molar-refractivity contribution in [1.29, 1.82) is 0 Å². The molecule has 464 valence electrons. The van der Waals surface area contributed by atoms with E-state index in [1.54, 1.807) is 0 Å². The number of aliphatic hydroxyl groups excluding tert-OH is 1. The van der Waals surface area contributed by atoms with Crippen molar-refractivity contribution < 1.29 is 97.9 Å². The average Bonchev–Trinajstić information content (AvgIpc) is 1.44. The van der Waals surface area contributed by atoms with Gasteiger partial charge in [0.15, 0.2) is 29.0 Å². The van der Waals surface area contributed by atoms with Gasteiger partial charge in [0.25, 0.3) is 23.3 Å². The fourth-order valence-electron chi connectivity index (χ4n) is 10.7. The molecule has 15 N–H and O–H groups in total. The number of H-pyrrole nitrogens is 1. The van der Waals surface area contributed by atoms with Gasteiger partial charge in [-0.05, 0) is 62.7 Å². The Bertz CT molecular complexity index is 4040. The number of methoxy groups -OCH3 is 1. The van der Waals surface area contributed by atoms with Crippen LogP contribution in [0.4, 0.5) is 11.6 Å². The quantitative estimate of drug-likeness (QED) is 0.0346. The fraction of sp³-hybridized carbons (Fsp3) is 0.310. The standard InChI is InChI=1S/C58H56N10O21/c1-22-44(71)34(17-38(88-22)89-36-19-58(86,23(2)69)18-32-40(36)48(75)42-41(46(32)73)45(72)27-5-4-6-35(87-3)39(27)47(42)74)66-52(78)29-15-28(30(54(80)81)16-31(29)55(82)83)51(77)61-14-13-60-37(70)12-11-33(56(84)85)65-50(76)24-7-9-25(10-8-24)62-20-26-21-63-49-43(64-26)53(79)68-57(59)67-49/h4-10,15-16,21-22,33-34,36,38,44,62,71,73,75,86H,11-14,17-20H2,1-3H3,(H,60,70)(H,61,77)(H,65,76)(H,66,78)(H,80,81)(H,82,83)(H,84,85)(H3,59,63,67,68,79)/t22?,33-,34+,36-,38-,44+,58-/m0/s1. The summed E-state index contributed by atoms with van der Waals surface area (Å²) >= 11 is 0. The van der Waals surface area contributed by atoms with Gasteiger partial charge < -0.3 is 82.3 Å². The number of nitrogens with one attached hydrogen (secondary N) is 6. The van der Waals surface area contributed by atoms with Crippen LogP contribution in [0, 0.1) is 0 Å². The molecule has 89 heavy (non-hydrogen) atoms. The van der Waals surface area contributed by atoms with Crippen molar-refractivity contribution in [2.75, 3.05) is 31.2 Å². The molecule has 2 aliphatic carbocycles. The van der Waals surface area contributed by atoms with Crippen molar-refractivity contribution >= 4 is 81.7 Å².